The number of aromatic nitrogens is 2. The molecule has 3 fully saturated rings. The van der Waals surface area contributed by atoms with E-state index in [9.17, 15) is 9.59 Å². The Morgan fingerprint density at radius 1 is 1.38 bits per heavy atom. The molecule has 0 spiro atoms. The molecule has 2 aromatic rings. The Bertz CT molecular complexity index is 817. The minimum Gasteiger partial charge on any atom is -0.349 e. The molecule has 5 heterocycles. The Balaban J connectivity index is 1.34. The van der Waals surface area contributed by atoms with Crippen LogP contribution in [0.1, 0.15) is 31.4 Å². The Hall–Kier alpha value is -1.93. The van der Waals surface area contributed by atoms with E-state index in [0.29, 0.717) is 18.9 Å². The average Bonchev–Trinajstić information content (AvgIpc) is 3.23. The molecule has 2 amide bonds. The molecule has 3 aliphatic rings. The lowest BCUT2D eigenvalue weighted by molar-refractivity contribution is -0.157. The number of carbonyl (C=O) groups is 2. The molecule has 4 atom stereocenters. The molecular weight excluding hydrogens is 350 g/mol. The zero-order valence-electron chi connectivity index (χ0n) is 14.6. The normalized spacial score (nSPS) is 31.1. The number of piperidine rings is 3. The molecule has 7 nitrogen and oxygen atoms in total. The molecule has 3 saturated heterocycles. The summed E-state index contributed by atoms with van der Waals surface area (Å²) in [7, 11) is 0. The summed E-state index contributed by atoms with van der Waals surface area (Å²) >= 11 is 1.58. The van der Waals surface area contributed by atoms with Crippen LogP contribution < -0.4 is 10.6 Å². The topological polar surface area (TPSA) is 78.7 Å². The maximum Gasteiger partial charge on any atom is 0.243 e. The molecule has 0 radical (unpaired) electrons. The van der Waals surface area contributed by atoms with Crippen LogP contribution in [0.15, 0.2) is 17.8 Å². The number of carbonyl (C=O) groups excluding carboxylic acids is 2. The van der Waals surface area contributed by atoms with Crippen LogP contribution in [0.2, 0.25) is 0 Å². The molecule has 3 aliphatic heterocycles. The van der Waals surface area contributed by atoms with Gasteiger partial charge in [-0.25, -0.2) is 4.98 Å². The van der Waals surface area contributed by atoms with E-state index in [4.69, 9.17) is 0 Å². The van der Waals surface area contributed by atoms with Gasteiger partial charge in [0.15, 0.2) is 4.96 Å². The fourth-order valence-corrected chi connectivity index (χ4v) is 5.71. The molecule has 8 heteroatoms. The minimum atomic E-state index is -0.347. The molecule has 0 aromatic carbocycles. The van der Waals surface area contributed by atoms with Crippen molar-refractivity contribution in [3.05, 3.63) is 23.5 Å². The lowest BCUT2D eigenvalue weighted by Crippen LogP contribution is -2.67. The smallest absolute Gasteiger partial charge is 0.243 e. The van der Waals surface area contributed by atoms with Crippen molar-refractivity contribution in [3.8, 4) is 0 Å². The number of thiazole rings is 1. The summed E-state index contributed by atoms with van der Waals surface area (Å²) in [6.07, 6.45) is 7.49. The standard InChI is InChI=1S/C18H23N5O2S/c24-15-3-1-2-14-11-6-12(8-19-7-11)16(23(14)15)17(25)20-9-13-10-22-4-5-26-18(22)21-13/h4-5,10-12,14,16,19H,1-3,6-9H2,(H,20,25)/t11-,12+,14+,16-/m1/s1. The van der Waals surface area contributed by atoms with Crippen LogP contribution in [-0.2, 0) is 16.1 Å². The fourth-order valence-electron chi connectivity index (χ4n) is 4.99. The zero-order chi connectivity index (χ0) is 17.7. The van der Waals surface area contributed by atoms with Crippen molar-refractivity contribution < 1.29 is 9.59 Å². The van der Waals surface area contributed by atoms with Gasteiger partial charge < -0.3 is 15.5 Å². The molecule has 0 aliphatic carbocycles. The Morgan fingerprint density at radius 3 is 3.15 bits per heavy atom. The van der Waals surface area contributed by atoms with Crippen molar-refractivity contribution in [2.75, 3.05) is 13.1 Å². The van der Waals surface area contributed by atoms with Crippen LogP contribution in [0.5, 0.6) is 0 Å². The monoisotopic (exact) mass is 373 g/mol. The van der Waals surface area contributed by atoms with Gasteiger partial charge in [-0.05, 0) is 31.7 Å². The second-order valence-electron chi connectivity index (χ2n) is 7.66. The summed E-state index contributed by atoms with van der Waals surface area (Å²) in [5.41, 5.74) is 0.849. The number of rotatable bonds is 3. The van der Waals surface area contributed by atoms with Gasteiger partial charge in [-0.15, -0.1) is 11.3 Å². The van der Waals surface area contributed by atoms with Gasteiger partial charge in [0.25, 0.3) is 0 Å². The zero-order valence-corrected chi connectivity index (χ0v) is 15.4. The SMILES string of the molecule is O=C(NCc1cn2ccsc2n1)[C@H]1[C@@H]2CNC[C@@H](C2)[C@@H]2CCCC(=O)N21. The predicted molar refractivity (Wildman–Crippen MR) is 97.7 cm³/mol. The Kier molecular flexibility index (Phi) is 3.97. The molecule has 2 N–H and O–H groups in total. The summed E-state index contributed by atoms with van der Waals surface area (Å²) in [6.45, 7) is 2.18. The highest BCUT2D eigenvalue weighted by Crippen LogP contribution is 2.39. The fraction of sp³-hybridized carbons (Fsp3) is 0.611. The lowest BCUT2D eigenvalue weighted by atomic mass is 9.72. The van der Waals surface area contributed by atoms with Crippen molar-refractivity contribution in [1.82, 2.24) is 24.9 Å². The van der Waals surface area contributed by atoms with Crippen LogP contribution >= 0.6 is 11.3 Å². The van der Waals surface area contributed by atoms with E-state index in [2.05, 4.69) is 15.6 Å². The van der Waals surface area contributed by atoms with Gasteiger partial charge >= 0.3 is 0 Å². The first-order chi connectivity index (χ1) is 12.7. The van der Waals surface area contributed by atoms with Crippen molar-refractivity contribution >= 4 is 28.1 Å². The van der Waals surface area contributed by atoms with Crippen molar-refractivity contribution in [2.24, 2.45) is 11.8 Å². The van der Waals surface area contributed by atoms with Crippen molar-refractivity contribution in [3.63, 3.8) is 0 Å². The van der Waals surface area contributed by atoms with Gasteiger partial charge in [0.1, 0.15) is 6.04 Å². The summed E-state index contributed by atoms with van der Waals surface area (Å²) in [6, 6.07) is -0.130. The number of fused-ring (bicyclic) bond motifs is 5. The maximum absolute atomic E-state index is 13.1. The van der Waals surface area contributed by atoms with E-state index in [1.807, 2.05) is 27.1 Å². The van der Waals surface area contributed by atoms with E-state index >= 15 is 0 Å². The molecule has 2 bridgehead atoms. The molecule has 2 aromatic heterocycles. The first-order valence-corrected chi connectivity index (χ1v) is 10.3. The molecule has 5 rings (SSSR count). The second kappa shape index (κ2) is 6.35. The highest BCUT2D eigenvalue weighted by molar-refractivity contribution is 7.15. The first kappa shape index (κ1) is 16.3. The summed E-state index contributed by atoms with van der Waals surface area (Å²) in [5.74, 6) is 0.814. The number of hydrogen-bond acceptors (Lipinski definition) is 5. The minimum absolute atomic E-state index is 0.0336. The first-order valence-electron chi connectivity index (χ1n) is 9.41. The number of nitrogens with one attached hydrogen (secondary N) is 2. The largest absolute Gasteiger partial charge is 0.349 e. The number of imidazole rings is 1. The van der Waals surface area contributed by atoms with E-state index in [1.165, 1.54) is 0 Å². The van der Waals surface area contributed by atoms with Gasteiger partial charge in [-0.3, -0.25) is 14.0 Å². The van der Waals surface area contributed by atoms with E-state index in [-0.39, 0.29) is 29.8 Å². The third-order valence-electron chi connectivity index (χ3n) is 6.10. The predicted octanol–water partition coefficient (Wildman–Crippen LogP) is 1.00. The Labute approximate surface area is 155 Å². The second-order valence-corrected chi connectivity index (χ2v) is 8.54. The highest BCUT2D eigenvalue weighted by atomic mass is 32.1. The van der Waals surface area contributed by atoms with Gasteiger partial charge in [-0.2, -0.15) is 0 Å². The average molecular weight is 373 g/mol. The summed E-state index contributed by atoms with van der Waals surface area (Å²) in [5, 5.41) is 8.51. The molecule has 0 saturated carbocycles. The summed E-state index contributed by atoms with van der Waals surface area (Å²) in [4.78, 5) is 33.1. The third kappa shape index (κ3) is 2.63. The van der Waals surface area contributed by atoms with Gasteiger partial charge in [-0.1, -0.05) is 0 Å². The van der Waals surface area contributed by atoms with Crippen LogP contribution in [-0.4, -0.2) is 51.3 Å². The maximum atomic E-state index is 13.1. The number of nitrogens with zero attached hydrogens (tertiary/aromatic N) is 3. The van der Waals surface area contributed by atoms with Gasteiger partial charge in [0.2, 0.25) is 11.8 Å². The van der Waals surface area contributed by atoms with E-state index in [0.717, 1.165) is 43.0 Å². The van der Waals surface area contributed by atoms with Crippen molar-refractivity contribution in [2.45, 2.75) is 44.3 Å². The highest BCUT2D eigenvalue weighted by Gasteiger charge is 2.50. The Morgan fingerprint density at radius 2 is 2.27 bits per heavy atom. The van der Waals surface area contributed by atoms with Gasteiger partial charge in [0.05, 0.1) is 12.2 Å². The van der Waals surface area contributed by atoms with Crippen LogP contribution in [0, 0.1) is 11.8 Å². The lowest BCUT2D eigenvalue weighted by Gasteiger charge is -2.53. The van der Waals surface area contributed by atoms with E-state index < -0.39 is 0 Å². The van der Waals surface area contributed by atoms with Crippen LogP contribution in [0.3, 0.4) is 0 Å². The van der Waals surface area contributed by atoms with Crippen LogP contribution in [0.4, 0.5) is 0 Å². The molecule has 138 valence electrons. The summed E-state index contributed by atoms with van der Waals surface area (Å²) < 4.78 is 1.96. The van der Waals surface area contributed by atoms with Gasteiger partial charge in [0, 0.05) is 42.7 Å². The van der Waals surface area contributed by atoms with Crippen LogP contribution in [0.25, 0.3) is 4.96 Å². The third-order valence-corrected chi connectivity index (χ3v) is 6.87. The van der Waals surface area contributed by atoms with Crippen molar-refractivity contribution in [1.29, 1.82) is 0 Å². The number of amides is 2. The molecule has 26 heavy (non-hydrogen) atoms. The van der Waals surface area contributed by atoms with E-state index in [1.54, 1.807) is 11.3 Å². The quantitative estimate of drug-likeness (QED) is 0.841. The molecular formula is C18H23N5O2S. The molecule has 0 unspecified atom stereocenters. The number of hydrogen-bond donors (Lipinski definition) is 2.